The van der Waals surface area contributed by atoms with Gasteiger partial charge in [-0.15, -0.1) is 0 Å². The number of nitrogen functional groups attached to an aromatic ring is 1. The number of aromatic nitrogens is 1. The molecular formula is C13H20N2O4. The first-order valence-corrected chi connectivity index (χ1v) is 6.15. The Morgan fingerprint density at radius 2 is 2.11 bits per heavy atom. The Bertz CT molecular complexity index is 367. The van der Waals surface area contributed by atoms with Gasteiger partial charge >= 0.3 is 5.97 Å². The lowest BCUT2D eigenvalue weighted by molar-refractivity contribution is -0.143. The molecule has 2 N–H and O–H groups in total. The molecule has 0 fully saturated rings. The van der Waals surface area contributed by atoms with Gasteiger partial charge in [0.05, 0.1) is 43.8 Å². The maximum Gasteiger partial charge on any atom is 0.311 e. The molecule has 1 aromatic heterocycles. The molecule has 0 saturated carbocycles. The highest BCUT2D eigenvalue weighted by molar-refractivity contribution is 5.72. The van der Waals surface area contributed by atoms with E-state index < -0.39 is 0 Å². The quantitative estimate of drug-likeness (QED) is 0.527. The van der Waals surface area contributed by atoms with Gasteiger partial charge in [0.2, 0.25) is 0 Å². The number of hydrogen-bond acceptors (Lipinski definition) is 6. The predicted molar refractivity (Wildman–Crippen MR) is 70.6 cm³/mol. The first-order chi connectivity index (χ1) is 9.22. The molecule has 6 nitrogen and oxygen atoms in total. The van der Waals surface area contributed by atoms with Crippen LogP contribution in [0.25, 0.3) is 0 Å². The van der Waals surface area contributed by atoms with Gasteiger partial charge in [-0.1, -0.05) is 0 Å². The number of rotatable bonds is 9. The van der Waals surface area contributed by atoms with Crippen LogP contribution in [0.15, 0.2) is 18.3 Å². The summed E-state index contributed by atoms with van der Waals surface area (Å²) in [5, 5.41) is 0. The third kappa shape index (κ3) is 7.38. The summed E-state index contributed by atoms with van der Waals surface area (Å²) in [6, 6.07) is 3.42. The van der Waals surface area contributed by atoms with Gasteiger partial charge in [-0.25, -0.2) is 0 Å². The molecular weight excluding hydrogens is 248 g/mol. The molecule has 19 heavy (non-hydrogen) atoms. The molecule has 0 aliphatic rings. The number of esters is 1. The largest absolute Gasteiger partial charge is 0.465 e. The molecule has 0 radical (unpaired) electrons. The van der Waals surface area contributed by atoms with Crippen LogP contribution < -0.4 is 5.73 Å². The third-order valence-corrected chi connectivity index (χ3v) is 2.30. The third-order valence-electron chi connectivity index (χ3n) is 2.30. The van der Waals surface area contributed by atoms with Crippen molar-refractivity contribution >= 4 is 11.7 Å². The Labute approximate surface area is 112 Å². The average Bonchev–Trinajstić information content (AvgIpc) is 2.40. The van der Waals surface area contributed by atoms with Gasteiger partial charge in [0, 0.05) is 20.1 Å². The standard InChI is InChI=1S/C13H20N2O4/c1-17-7-8-18-5-2-6-19-13(16)9-12-4-3-11(14)10-15-12/h3-4,10H,2,5-9,14H2,1H3. The van der Waals surface area contributed by atoms with Crippen LogP contribution >= 0.6 is 0 Å². The van der Waals surface area contributed by atoms with Gasteiger partial charge in [0.15, 0.2) is 0 Å². The molecule has 106 valence electrons. The molecule has 1 aromatic rings. The molecule has 0 spiro atoms. The van der Waals surface area contributed by atoms with E-state index in [1.807, 2.05) is 0 Å². The zero-order valence-electron chi connectivity index (χ0n) is 11.1. The fourth-order valence-corrected chi connectivity index (χ4v) is 1.33. The Morgan fingerprint density at radius 1 is 1.26 bits per heavy atom. The van der Waals surface area contributed by atoms with Gasteiger partial charge < -0.3 is 19.9 Å². The van der Waals surface area contributed by atoms with E-state index in [9.17, 15) is 4.79 Å². The van der Waals surface area contributed by atoms with Gasteiger partial charge in [-0.2, -0.15) is 0 Å². The molecule has 0 bridgehead atoms. The fourth-order valence-electron chi connectivity index (χ4n) is 1.33. The SMILES string of the molecule is COCCOCCCOC(=O)Cc1ccc(N)cn1. The number of nitrogens with two attached hydrogens (primary N) is 1. The second kappa shape index (κ2) is 9.29. The fraction of sp³-hybridized carbons (Fsp3) is 0.538. The van der Waals surface area contributed by atoms with Crippen LogP contribution in [0.1, 0.15) is 12.1 Å². The van der Waals surface area contributed by atoms with Crippen LogP contribution in [-0.4, -0.2) is 44.5 Å². The minimum absolute atomic E-state index is 0.158. The van der Waals surface area contributed by atoms with Crippen molar-refractivity contribution in [2.75, 3.05) is 39.3 Å². The molecule has 0 aliphatic carbocycles. The van der Waals surface area contributed by atoms with E-state index >= 15 is 0 Å². The highest BCUT2D eigenvalue weighted by Gasteiger charge is 2.05. The molecule has 1 heterocycles. The summed E-state index contributed by atoms with van der Waals surface area (Å²) in [7, 11) is 1.62. The van der Waals surface area contributed by atoms with E-state index in [0.717, 1.165) is 0 Å². The number of methoxy groups -OCH3 is 1. The molecule has 0 unspecified atom stereocenters. The number of pyridine rings is 1. The van der Waals surface area contributed by atoms with Crippen molar-refractivity contribution < 1.29 is 19.0 Å². The second-order valence-corrected chi connectivity index (χ2v) is 3.94. The maximum absolute atomic E-state index is 11.5. The summed E-state index contributed by atoms with van der Waals surface area (Å²) in [6.45, 7) is 2.03. The van der Waals surface area contributed by atoms with Gasteiger partial charge in [-0.3, -0.25) is 9.78 Å². The van der Waals surface area contributed by atoms with Crippen molar-refractivity contribution in [2.24, 2.45) is 0 Å². The zero-order chi connectivity index (χ0) is 13.9. The van der Waals surface area contributed by atoms with Crippen molar-refractivity contribution in [2.45, 2.75) is 12.8 Å². The molecule has 1 rings (SSSR count). The molecule has 0 atom stereocenters. The van der Waals surface area contributed by atoms with E-state index in [1.165, 1.54) is 6.20 Å². The molecule has 0 aliphatic heterocycles. The smallest absolute Gasteiger partial charge is 0.311 e. The Morgan fingerprint density at radius 3 is 2.79 bits per heavy atom. The van der Waals surface area contributed by atoms with Gasteiger partial charge in [0.25, 0.3) is 0 Å². The van der Waals surface area contributed by atoms with Crippen LogP contribution in [-0.2, 0) is 25.4 Å². The monoisotopic (exact) mass is 268 g/mol. The molecule has 0 aromatic carbocycles. The van der Waals surface area contributed by atoms with E-state index in [-0.39, 0.29) is 12.4 Å². The first kappa shape index (κ1) is 15.4. The number of carbonyl (C=O) groups is 1. The Kier molecular flexibility index (Phi) is 7.53. The number of carbonyl (C=O) groups excluding carboxylic acids is 1. The first-order valence-electron chi connectivity index (χ1n) is 6.15. The topological polar surface area (TPSA) is 83.7 Å². The predicted octanol–water partition coefficient (Wildman–Crippen LogP) is 0.803. The Hall–Kier alpha value is -1.66. The average molecular weight is 268 g/mol. The summed E-state index contributed by atoms with van der Waals surface area (Å²) in [5.41, 5.74) is 6.73. The molecule has 0 amide bonds. The summed E-state index contributed by atoms with van der Waals surface area (Å²) >= 11 is 0. The normalized spacial score (nSPS) is 10.4. The maximum atomic E-state index is 11.5. The number of ether oxygens (including phenoxy) is 3. The highest BCUT2D eigenvalue weighted by Crippen LogP contribution is 2.02. The summed E-state index contributed by atoms with van der Waals surface area (Å²) in [4.78, 5) is 15.5. The van der Waals surface area contributed by atoms with E-state index in [1.54, 1.807) is 19.2 Å². The van der Waals surface area contributed by atoms with Crippen molar-refractivity contribution in [1.82, 2.24) is 4.98 Å². The highest BCUT2D eigenvalue weighted by atomic mass is 16.5. The molecule has 6 heteroatoms. The van der Waals surface area contributed by atoms with Crippen LogP contribution in [0.4, 0.5) is 5.69 Å². The number of hydrogen-bond donors (Lipinski definition) is 1. The minimum atomic E-state index is -0.297. The van der Waals surface area contributed by atoms with Crippen LogP contribution in [0.5, 0.6) is 0 Å². The molecule has 0 saturated heterocycles. The summed E-state index contributed by atoms with van der Waals surface area (Å²) in [6.07, 6.45) is 2.35. The van der Waals surface area contributed by atoms with Crippen LogP contribution in [0.3, 0.4) is 0 Å². The van der Waals surface area contributed by atoms with E-state index in [4.69, 9.17) is 19.9 Å². The van der Waals surface area contributed by atoms with Crippen molar-refractivity contribution in [3.05, 3.63) is 24.0 Å². The summed E-state index contributed by atoms with van der Waals surface area (Å²) in [5.74, 6) is -0.297. The van der Waals surface area contributed by atoms with Crippen molar-refractivity contribution in [3.63, 3.8) is 0 Å². The van der Waals surface area contributed by atoms with E-state index in [2.05, 4.69) is 4.98 Å². The zero-order valence-corrected chi connectivity index (χ0v) is 11.1. The summed E-state index contributed by atoms with van der Waals surface area (Å²) < 4.78 is 15.1. The number of anilines is 1. The van der Waals surface area contributed by atoms with Crippen LogP contribution in [0, 0.1) is 0 Å². The lowest BCUT2D eigenvalue weighted by Gasteiger charge is -2.05. The number of nitrogens with zero attached hydrogens (tertiary/aromatic N) is 1. The lowest BCUT2D eigenvalue weighted by atomic mass is 10.2. The van der Waals surface area contributed by atoms with E-state index in [0.29, 0.717) is 44.2 Å². The second-order valence-electron chi connectivity index (χ2n) is 3.94. The van der Waals surface area contributed by atoms with Crippen LogP contribution in [0.2, 0.25) is 0 Å². The Balaban J connectivity index is 2.06. The van der Waals surface area contributed by atoms with Gasteiger partial charge in [0.1, 0.15) is 0 Å². The van der Waals surface area contributed by atoms with Crippen molar-refractivity contribution in [3.8, 4) is 0 Å². The lowest BCUT2D eigenvalue weighted by Crippen LogP contribution is -2.12. The van der Waals surface area contributed by atoms with Gasteiger partial charge in [-0.05, 0) is 12.1 Å². The minimum Gasteiger partial charge on any atom is -0.465 e. The van der Waals surface area contributed by atoms with Crippen molar-refractivity contribution in [1.29, 1.82) is 0 Å².